The third-order valence-electron chi connectivity index (χ3n) is 2.66. The zero-order valence-corrected chi connectivity index (χ0v) is 12.0. The highest BCUT2D eigenvalue weighted by atomic mass is 32.1. The van der Waals surface area contributed by atoms with E-state index in [1.165, 1.54) is 16.0 Å². The summed E-state index contributed by atoms with van der Waals surface area (Å²) in [5.41, 5.74) is 2.54. The Bertz CT molecular complexity index is 559. The Hall–Kier alpha value is -0.990. The van der Waals surface area contributed by atoms with Crippen molar-refractivity contribution in [2.24, 2.45) is 0 Å². The Balaban J connectivity index is 2.51. The molecule has 0 nitrogen and oxygen atoms in total. The molecule has 17 heavy (non-hydrogen) atoms. The molecule has 1 aromatic heterocycles. The predicted molar refractivity (Wildman–Crippen MR) is 79.3 cm³/mol. The molecule has 1 aromatic carbocycles. The first kappa shape index (κ1) is 12.5. The minimum absolute atomic E-state index is 0.174. The van der Waals surface area contributed by atoms with Crippen molar-refractivity contribution >= 4 is 23.6 Å². The van der Waals surface area contributed by atoms with E-state index in [9.17, 15) is 0 Å². The van der Waals surface area contributed by atoms with Crippen molar-refractivity contribution in [1.82, 2.24) is 0 Å². The maximum absolute atomic E-state index is 5.50. The van der Waals surface area contributed by atoms with Gasteiger partial charge in [0.15, 0.2) is 0 Å². The van der Waals surface area contributed by atoms with Crippen LogP contribution in [0.1, 0.15) is 25.6 Å². The molecule has 0 N–H and O–H groups in total. The lowest BCUT2D eigenvalue weighted by atomic mass is 9.94. The van der Waals surface area contributed by atoms with Crippen LogP contribution in [-0.2, 0) is 5.41 Å². The molecule has 1 heterocycles. The van der Waals surface area contributed by atoms with Crippen molar-refractivity contribution < 1.29 is 0 Å². The molecular weight excluding hydrogens is 244 g/mol. The molecule has 2 aromatic rings. The zero-order chi connectivity index (χ0) is 12.5. The molecule has 0 atom stereocenters. The summed E-state index contributed by atoms with van der Waals surface area (Å²) in [6.45, 7) is 6.65. The highest BCUT2D eigenvalue weighted by molar-refractivity contribution is 7.71. The fourth-order valence-electron chi connectivity index (χ4n) is 1.63. The highest BCUT2D eigenvalue weighted by Crippen LogP contribution is 2.30. The fourth-order valence-corrected chi connectivity index (χ4v) is 3.12. The second kappa shape index (κ2) is 4.71. The van der Waals surface area contributed by atoms with Gasteiger partial charge in [-0.3, -0.25) is 0 Å². The van der Waals surface area contributed by atoms with Gasteiger partial charge >= 0.3 is 0 Å². The number of benzene rings is 1. The summed E-state index contributed by atoms with van der Waals surface area (Å²) in [6, 6.07) is 12.5. The average molecular weight is 260 g/mol. The summed E-state index contributed by atoms with van der Waals surface area (Å²) in [4.78, 5) is 1.34. The maximum atomic E-state index is 5.50. The molecule has 0 saturated heterocycles. The molecule has 0 bridgehead atoms. The summed E-state index contributed by atoms with van der Waals surface area (Å²) < 4.78 is 0.944. The van der Waals surface area contributed by atoms with Crippen molar-refractivity contribution in [2.45, 2.75) is 26.2 Å². The lowest BCUT2D eigenvalue weighted by molar-refractivity contribution is 0.603. The lowest BCUT2D eigenvalue weighted by Crippen LogP contribution is -2.09. The Morgan fingerprint density at radius 3 is 2.24 bits per heavy atom. The Labute approximate surface area is 112 Å². The number of rotatable bonds is 1. The molecule has 0 fully saturated rings. The second-order valence-electron chi connectivity index (χ2n) is 5.14. The predicted octanol–water partition coefficient (Wildman–Crippen LogP) is 5.44. The molecule has 0 aliphatic heterocycles. The molecule has 2 heteroatoms. The quantitative estimate of drug-likeness (QED) is 0.615. The van der Waals surface area contributed by atoms with Crippen LogP contribution in [0.5, 0.6) is 0 Å². The number of hydrogen-bond acceptors (Lipinski definition) is 2. The minimum atomic E-state index is 0.174. The molecule has 0 spiro atoms. The van der Waals surface area contributed by atoms with Crippen molar-refractivity contribution in [1.29, 1.82) is 0 Å². The molecular formula is C15H16S2. The van der Waals surface area contributed by atoms with Crippen LogP contribution in [0.4, 0.5) is 0 Å². The Morgan fingerprint density at radius 2 is 1.71 bits per heavy atom. The van der Waals surface area contributed by atoms with E-state index in [0.29, 0.717) is 0 Å². The van der Waals surface area contributed by atoms with Gasteiger partial charge in [0.25, 0.3) is 0 Å². The van der Waals surface area contributed by atoms with Crippen LogP contribution < -0.4 is 0 Å². The van der Waals surface area contributed by atoms with Crippen LogP contribution >= 0.6 is 23.6 Å². The van der Waals surface area contributed by atoms with Gasteiger partial charge in [-0.25, -0.2) is 0 Å². The number of hydrogen-bond donors (Lipinski definition) is 0. The Kier molecular flexibility index (Phi) is 3.45. The van der Waals surface area contributed by atoms with Crippen LogP contribution in [0.25, 0.3) is 11.1 Å². The van der Waals surface area contributed by atoms with E-state index in [1.54, 1.807) is 11.3 Å². The SMILES string of the molecule is CC(C)(C)c1cc(=S)c(-c2ccccc2)cs1. The monoisotopic (exact) mass is 260 g/mol. The van der Waals surface area contributed by atoms with Gasteiger partial charge in [-0.2, -0.15) is 0 Å². The van der Waals surface area contributed by atoms with Gasteiger partial charge in [0.1, 0.15) is 0 Å². The van der Waals surface area contributed by atoms with Crippen molar-refractivity contribution in [3.63, 3.8) is 0 Å². The smallest absolute Gasteiger partial charge is 0.0474 e. The van der Waals surface area contributed by atoms with Gasteiger partial charge in [0.05, 0.1) is 0 Å². The second-order valence-corrected chi connectivity index (χ2v) is 6.49. The highest BCUT2D eigenvalue weighted by Gasteiger charge is 2.15. The van der Waals surface area contributed by atoms with E-state index in [1.807, 2.05) is 18.2 Å². The first-order chi connectivity index (χ1) is 7.98. The van der Waals surface area contributed by atoms with Gasteiger partial charge in [-0.15, -0.1) is 11.3 Å². The largest absolute Gasteiger partial charge is 0.148 e. The van der Waals surface area contributed by atoms with Crippen LogP contribution in [-0.4, -0.2) is 0 Å². The van der Waals surface area contributed by atoms with Gasteiger partial charge in [-0.05, 0) is 17.0 Å². The lowest BCUT2D eigenvalue weighted by Gasteiger charge is -2.18. The summed E-state index contributed by atoms with van der Waals surface area (Å²) in [5.74, 6) is 0. The first-order valence-electron chi connectivity index (χ1n) is 5.67. The third kappa shape index (κ3) is 2.82. The third-order valence-corrected chi connectivity index (χ3v) is 4.33. The maximum Gasteiger partial charge on any atom is 0.0474 e. The average Bonchev–Trinajstić information content (AvgIpc) is 2.29. The molecule has 0 radical (unpaired) electrons. The van der Waals surface area contributed by atoms with E-state index in [2.05, 4.69) is 44.4 Å². The van der Waals surface area contributed by atoms with Crippen molar-refractivity contribution in [3.05, 3.63) is 51.2 Å². The van der Waals surface area contributed by atoms with Gasteiger partial charge in [-0.1, -0.05) is 63.3 Å². The van der Waals surface area contributed by atoms with E-state index in [4.69, 9.17) is 12.2 Å². The van der Waals surface area contributed by atoms with Crippen LogP contribution in [0.3, 0.4) is 0 Å². The summed E-state index contributed by atoms with van der Waals surface area (Å²) >= 11 is 7.29. The minimum Gasteiger partial charge on any atom is -0.148 e. The van der Waals surface area contributed by atoms with Crippen molar-refractivity contribution in [3.8, 4) is 11.1 Å². The molecule has 0 amide bonds. The van der Waals surface area contributed by atoms with Gasteiger partial charge in [0.2, 0.25) is 0 Å². The molecule has 88 valence electrons. The summed E-state index contributed by atoms with van der Waals surface area (Å²) in [5, 5.41) is 2.18. The molecule has 0 aliphatic carbocycles. The normalized spacial score (nSPS) is 11.5. The van der Waals surface area contributed by atoms with Crippen LogP contribution in [0.2, 0.25) is 0 Å². The summed E-state index contributed by atoms with van der Waals surface area (Å²) in [7, 11) is 0. The fraction of sp³-hybridized carbons (Fsp3) is 0.267. The topological polar surface area (TPSA) is 0 Å². The first-order valence-corrected chi connectivity index (χ1v) is 6.96. The molecule has 0 saturated carbocycles. The van der Waals surface area contributed by atoms with Gasteiger partial charge < -0.3 is 0 Å². The molecule has 0 aliphatic rings. The van der Waals surface area contributed by atoms with E-state index < -0.39 is 0 Å². The Morgan fingerprint density at radius 1 is 1.06 bits per heavy atom. The van der Waals surface area contributed by atoms with E-state index in [-0.39, 0.29) is 5.41 Å². The van der Waals surface area contributed by atoms with Crippen molar-refractivity contribution in [2.75, 3.05) is 0 Å². The van der Waals surface area contributed by atoms with E-state index in [0.717, 1.165) is 4.51 Å². The van der Waals surface area contributed by atoms with Crippen LogP contribution in [0.15, 0.2) is 41.8 Å². The molecule has 0 unspecified atom stereocenters. The molecule has 2 rings (SSSR count). The van der Waals surface area contributed by atoms with E-state index >= 15 is 0 Å². The summed E-state index contributed by atoms with van der Waals surface area (Å²) in [6.07, 6.45) is 0. The zero-order valence-electron chi connectivity index (χ0n) is 10.4. The standard InChI is InChI=1S/C15H16S2/c1-15(2,3)14-9-13(16)12(10-17-14)11-7-5-4-6-8-11/h4-10H,1-3H3. The van der Waals surface area contributed by atoms with Gasteiger partial charge in [0, 0.05) is 20.3 Å². The van der Waals surface area contributed by atoms with Crippen LogP contribution in [0, 0.1) is 4.51 Å².